The zero-order valence-corrected chi connectivity index (χ0v) is 11.5. The predicted molar refractivity (Wildman–Crippen MR) is 79.8 cm³/mol. The molecule has 0 spiro atoms. The fourth-order valence-corrected chi connectivity index (χ4v) is 2.71. The molecule has 0 bridgehead atoms. The van der Waals surface area contributed by atoms with E-state index in [0.717, 1.165) is 18.2 Å². The lowest BCUT2D eigenvalue weighted by Crippen LogP contribution is -2.12. The fourth-order valence-electron chi connectivity index (χ4n) is 2.60. The van der Waals surface area contributed by atoms with Gasteiger partial charge in [-0.3, -0.25) is 4.98 Å². The van der Waals surface area contributed by atoms with Crippen molar-refractivity contribution in [2.24, 2.45) is 11.7 Å². The Labute approximate surface area is 114 Å². The van der Waals surface area contributed by atoms with Crippen LogP contribution in [0.5, 0.6) is 0 Å². The zero-order valence-electron chi connectivity index (χ0n) is 10.7. The molecule has 1 heterocycles. The third-order valence-corrected chi connectivity index (χ3v) is 3.81. The molecule has 1 saturated carbocycles. The second-order valence-electron chi connectivity index (χ2n) is 5.01. The summed E-state index contributed by atoms with van der Waals surface area (Å²) in [4.78, 5) is 4.48. The largest absolute Gasteiger partial charge is 0.388 e. The number of thiocarbonyl (C=S) groups is 1. The van der Waals surface area contributed by atoms with Gasteiger partial charge in [0.1, 0.15) is 4.99 Å². The Bertz CT molecular complexity index is 400. The van der Waals surface area contributed by atoms with Gasteiger partial charge in [0.25, 0.3) is 0 Å². The Hall–Kier alpha value is -1.16. The highest BCUT2D eigenvalue weighted by Crippen LogP contribution is 2.28. The molecule has 0 unspecified atom stereocenters. The molecule has 1 fully saturated rings. The number of nitrogens with one attached hydrogen (secondary N) is 1. The van der Waals surface area contributed by atoms with Crippen LogP contribution >= 0.6 is 12.2 Å². The average Bonchev–Trinajstić information content (AvgIpc) is 2.88. The molecule has 4 heteroatoms. The van der Waals surface area contributed by atoms with Gasteiger partial charge in [-0.05, 0) is 30.9 Å². The van der Waals surface area contributed by atoms with Gasteiger partial charge in [-0.15, -0.1) is 0 Å². The number of hydrogen-bond donors (Lipinski definition) is 2. The smallest absolute Gasteiger partial charge is 0.122 e. The number of nitrogens with two attached hydrogens (primary N) is 1. The number of aromatic nitrogens is 1. The van der Waals surface area contributed by atoms with E-state index in [1.165, 1.54) is 38.5 Å². The monoisotopic (exact) mass is 263 g/mol. The molecule has 1 aliphatic carbocycles. The third-order valence-electron chi connectivity index (χ3n) is 3.61. The molecular formula is C14H21N3S. The Balaban J connectivity index is 1.72. The van der Waals surface area contributed by atoms with Crippen molar-refractivity contribution in [3.05, 3.63) is 24.0 Å². The number of hydrogen-bond acceptors (Lipinski definition) is 3. The molecule has 0 aliphatic heterocycles. The molecule has 98 valence electrons. The molecule has 0 aromatic carbocycles. The van der Waals surface area contributed by atoms with Crippen molar-refractivity contribution in [1.29, 1.82) is 0 Å². The molecule has 1 aromatic heterocycles. The molecule has 0 amide bonds. The summed E-state index contributed by atoms with van der Waals surface area (Å²) in [6, 6.07) is 3.87. The maximum atomic E-state index is 5.56. The summed E-state index contributed by atoms with van der Waals surface area (Å²) < 4.78 is 0. The second-order valence-corrected chi connectivity index (χ2v) is 5.45. The first-order valence-electron chi connectivity index (χ1n) is 6.75. The van der Waals surface area contributed by atoms with E-state index in [0.29, 0.717) is 10.7 Å². The van der Waals surface area contributed by atoms with Crippen LogP contribution < -0.4 is 11.1 Å². The summed E-state index contributed by atoms with van der Waals surface area (Å²) in [6.45, 7) is 1.01. The highest BCUT2D eigenvalue weighted by atomic mass is 32.1. The molecule has 0 radical (unpaired) electrons. The lowest BCUT2D eigenvalue weighted by atomic mass is 10.0. The van der Waals surface area contributed by atoms with Crippen LogP contribution in [0.4, 0.5) is 5.69 Å². The van der Waals surface area contributed by atoms with Crippen LogP contribution in [0.25, 0.3) is 0 Å². The van der Waals surface area contributed by atoms with Crippen LogP contribution in [-0.4, -0.2) is 16.5 Å². The molecule has 3 N–H and O–H groups in total. The van der Waals surface area contributed by atoms with Gasteiger partial charge in [-0.2, -0.15) is 0 Å². The van der Waals surface area contributed by atoms with Crippen molar-refractivity contribution in [2.45, 2.75) is 38.5 Å². The Morgan fingerprint density at radius 3 is 2.94 bits per heavy atom. The van der Waals surface area contributed by atoms with Gasteiger partial charge in [0.2, 0.25) is 0 Å². The topological polar surface area (TPSA) is 50.9 Å². The van der Waals surface area contributed by atoms with Gasteiger partial charge in [-0.25, -0.2) is 0 Å². The number of pyridine rings is 1. The average molecular weight is 263 g/mol. The second kappa shape index (κ2) is 6.69. The fraction of sp³-hybridized carbons (Fsp3) is 0.571. The Kier molecular flexibility index (Phi) is 4.93. The van der Waals surface area contributed by atoms with E-state index in [4.69, 9.17) is 18.0 Å². The van der Waals surface area contributed by atoms with Crippen molar-refractivity contribution in [3.8, 4) is 0 Å². The summed E-state index contributed by atoms with van der Waals surface area (Å²) in [7, 11) is 0. The summed E-state index contributed by atoms with van der Waals surface area (Å²) in [6.07, 6.45) is 10.0. The highest BCUT2D eigenvalue weighted by molar-refractivity contribution is 7.80. The van der Waals surface area contributed by atoms with E-state index in [2.05, 4.69) is 10.3 Å². The maximum absolute atomic E-state index is 5.56. The molecule has 0 atom stereocenters. The summed E-state index contributed by atoms with van der Waals surface area (Å²) in [5, 5.41) is 3.41. The Morgan fingerprint density at radius 1 is 1.44 bits per heavy atom. The SMILES string of the molecule is NC(=S)c1cc(NCCCC2CCCC2)ccn1. The Morgan fingerprint density at radius 2 is 2.22 bits per heavy atom. The lowest BCUT2D eigenvalue weighted by Gasteiger charge is -2.10. The number of anilines is 1. The first-order valence-corrected chi connectivity index (χ1v) is 7.16. The molecule has 1 aliphatic rings. The first-order chi connectivity index (χ1) is 8.75. The van der Waals surface area contributed by atoms with Gasteiger partial charge in [0.05, 0.1) is 5.69 Å². The summed E-state index contributed by atoms with van der Waals surface area (Å²) in [5.74, 6) is 0.969. The highest BCUT2D eigenvalue weighted by Gasteiger charge is 2.13. The van der Waals surface area contributed by atoms with Gasteiger partial charge < -0.3 is 11.1 Å². The van der Waals surface area contributed by atoms with E-state index in [1.807, 2.05) is 12.1 Å². The van der Waals surface area contributed by atoms with Crippen molar-refractivity contribution >= 4 is 22.9 Å². The minimum absolute atomic E-state index is 0.351. The molecule has 18 heavy (non-hydrogen) atoms. The zero-order chi connectivity index (χ0) is 12.8. The third kappa shape index (κ3) is 3.95. The number of rotatable bonds is 6. The van der Waals surface area contributed by atoms with Crippen LogP contribution in [0.3, 0.4) is 0 Å². The first kappa shape index (κ1) is 13.3. The molecule has 2 rings (SSSR count). The van der Waals surface area contributed by atoms with Crippen LogP contribution in [0.1, 0.15) is 44.2 Å². The minimum Gasteiger partial charge on any atom is -0.388 e. The quantitative estimate of drug-likeness (QED) is 0.611. The predicted octanol–water partition coefficient (Wildman–Crippen LogP) is 3.10. The van der Waals surface area contributed by atoms with Crippen molar-refractivity contribution < 1.29 is 0 Å². The van der Waals surface area contributed by atoms with Gasteiger partial charge >= 0.3 is 0 Å². The van der Waals surface area contributed by atoms with Gasteiger partial charge in [0.15, 0.2) is 0 Å². The van der Waals surface area contributed by atoms with Crippen LogP contribution in [0.15, 0.2) is 18.3 Å². The van der Waals surface area contributed by atoms with E-state index in [1.54, 1.807) is 6.20 Å². The van der Waals surface area contributed by atoms with Crippen molar-refractivity contribution in [2.75, 3.05) is 11.9 Å². The van der Waals surface area contributed by atoms with E-state index >= 15 is 0 Å². The van der Waals surface area contributed by atoms with Gasteiger partial charge in [0, 0.05) is 18.4 Å². The van der Waals surface area contributed by atoms with Crippen molar-refractivity contribution in [1.82, 2.24) is 4.98 Å². The molecular weight excluding hydrogens is 242 g/mol. The normalized spacial score (nSPS) is 15.8. The standard InChI is InChI=1S/C14H21N3S/c15-14(18)13-10-12(7-9-17-13)16-8-3-6-11-4-1-2-5-11/h7,9-11H,1-6,8H2,(H2,15,18)(H,16,17). The molecule has 3 nitrogen and oxygen atoms in total. The van der Waals surface area contributed by atoms with Crippen LogP contribution in [0.2, 0.25) is 0 Å². The van der Waals surface area contributed by atoms with E-state index in [-0.39, 0.29) is 0 Å². The van der Waals surface area contributed by atoms with Crippen molar-refractivity contribution in [3.63, 3.8) is 0 Å². The summed E-state index contributed by atoms with van der Waals surface area (Å²) in [5.41, 5.74) is 7.30. The van der Waals surface area contributed by atoms with Gasteiger partial charge in [-0.1, -0.05) is 37.9 Å². The van der Waals surface area contributed by atoms with E-state index in [9.17, 15) is 0 Å². The molecule has 1 aromatic rings. The van der Waals surface area contributed by atoms with Crippen LogP contribution in [-0.2, 0) is 0 Å². The maximum Gasteiger partial charge on any atom is 0.122 e. The molecule has 0 saturated heterocycles. The minimum atomic E-state index is 0.351. The van der Waals surface area contributed by atoms with Crippen LogP contribution in [0, 0.1) is 5.92 Å². The number of nitrogens with zero attached hydrogens (tertiary/aromatic N) is 1. The summed E-state index contributed by atoms with van der Waals surface area (Å²) >= 11 is 4.92. The van der Waals surface area contributed by atoms with E-state index < -0.39 is 0 Å². The lowest BCUT2D eigenvalue weighted by molar-refractivity contribution is 0.491.